The van der Waals surface area contributed by atoms with Gasteiger partial charge in [-0.15, -0.1) is 0 Å². The van der Waals surface area contributed by atoms with E-state index < -0.39 is 5.97 Å². The number of benzene rings is 1. The Balaban J connectivity index is 1.99. The Bertz CT molecular complexity index is 725. The van der Waals surface area contributed by atoms with Gasteiger partial charge < -0.3 is 9.47 Å². The van der Waals surface area contributed by atoms with E-state index in [0.717, 1.165) is 23.7 Å². The lowest BCUT2D eigenvalue weighted by atomic mass is 9.95. The number of carbonyl (C=O) groups excluding carboxylic acids is 2. The van der Waals surface area contributed by atoms with E-state index in [1.54, 1.807) is 12.1 Å². The summed E-state index contributed by atoms with van der Waals surface area (Å²) in [4.78, 5) is 23.2. The predicted octanol–water partition coefficient (Wildman–Crippen LogP) is 2.52. The molecule has 6 nitrogen and oxygen atoms in total. The topological polar surface area (TPSA) is 70.4 Å². The first-order chi connectivity index (χ1) is 10.6. The molecule has 1 saturated carbocycles. The molecule has 0 radical (unpaired) electrons. The van der Waals surface area contributed by atoms with Crippen molar-refractivity contribution in [2.24, 2.45) is 0 Å². The number of hydrogen-bond acceptors (Lipinski definition) is 5. The summed E-state index contributed by atoms with van der Waals surface area (Å²) in [5.74, 6) is 0.334. The highest BCUT2D eigenvalue weighted by molar-refractivity contribution is 5.97. The molecule has 116 valence electrons. The lowest BCUT2D eigenvalue weighted by Gasteiger charge is -2.20. The molecule has 0 aliphatic heterocycles. The molecule has 0 atom stereocenters. The lowest BCUT2D eigenvalue weighted by molar-refractivity contribution is -0.120. The van der Waals surface area contributed by atoms with Gasteiger partial charge >= 0.3 is 5.97 Å². The molecular weight excluding hydrogens is 284 g/mol. The third-order valence-electron chi connectivity index (χ3n) is 4.14. The number of methoxy groups -OCH3 is 2. The van der Waals surface area contributed by atoms with Crippen molar-refractivity contribution in [2.45, 2.75) is 31.7 Å². The fourth-order valence-electron chi connectivity index (χ4n) is 2.89. The second kappa shape index (κ2) is 5.79. The first kappa shape index (κ1) is 14.6. The molecule has 6 heteroatoms. The van der Waals surface area contributed by atoms with Crippen LogP contribution in [-0.2, 0) is 9.53 Å². The van der Waals surface area contributed by atoms with Gasteiger partial charge in [0, 0.05) is 30.5 Å². The summed E-state index contributed by atoms with van der Waals surface area (Å²) < 4.78 is 11.9. The highest BCUT2D eigenvalue weighted by atomic mass is 16.5. The van der Waals surface area contributed by atoms with Crippen LogP contribution in [-0.4, -0.2) is 35.8 Å². The zero-order chi connectivity index (χ0) is 15.7. The van der Waals surface area contributed by atoms with Gasteiger partial charge in [-0.1, -0.05) is 0 Å². The first-order valence-electron chi connectivity index (χ1n) is 7.29. The van der Waals surface area contributed by atoms with Crippen molar-refractivity contribution in [3.63, 3.8) is 0 Å². The van der Waals surface area contributed by atoms with E-state index in [4.69, 9.17) is 9.47 Å². The second-order valence-corrected chi connectivity index (χ2v) is 5.48. The van der Waals surface area contributed by atoms with Crippen LogP contribution >= 0.6 is 0 Å². The molecule has 0 bridgehead atoms. The summed E-state index contributed by atoms with van der Waals surface area (Å²) in [7, 11) is 2.85. The van der Waals surface area contributed by atoms with E-state index in [0.29, 0.717) is 29.9 Å². The molecule has 1 heterocycles. The van der Waals surface area contributed by atoms with E-state index in [1.807, 2.05) is 10.9 Å². The van der Waals surface area contributed by atoms with Crippen LogP contribution in [0.1, 0.15) is 42.1 Å². The molecule has 0 N–H and O–H groups in total. The molecule has 1 aromatic carbocycles. The minimum Gasteiger partial charge on any atom is -0.496 e. The standard InChI is InChI=1S/C16H18N2O4/c1-21-15-8-14-10(7-13(15)16(20)22-2)9-18(17-14)11-3-5-12(19)6-4-11/h7-9,11H,3-6H2,1-2H3. The number of aromatic nitrogens is 2. The highest BCUT2D eigenvalue weighted by Crippen LogP contribution is 2.30. The van der Waals surface area contributed by atoms with Gasteiger partial charge in [0.1, 0.15) is 17.1 Å². The van der Waals surface area contributed by atoms with Crippen LogP contribution in [0.25, 0.3) is 10.9 Å². The van der Waals surface area contributed by atoms with Crippen molar-refractivity contribution < 1.29 is 19.1 Å². The summed E-state index contributed by atoms with van der Waals surface area (Å²) in [6, 6.07) is 3.71. The van der Waals surface area contributed by atoms with Gasteiger partial charge in [0.05, 0.1) is 25.8 Å². The number of esters is 1. The Hall–Kier alpha value is -2.37. The normalized spacial score (nSPS) is 16.0. The van der Waals surface area contributed by atoms with Crippen LogP contribution in [0.15, 0.2) is 18.3 Å². The first-order valence-corrected chi connectivity index (χ1v) is 7.29. The van der Waals surface area contributed by atoms with Gasteiger partial charge in [-0.05, 0) is 18.9 Å². The molecule has 3 rings (SSSR count). The summed E-state index contributed by atoms with van der Waals surface area (Å²) in [6.07, 6.45) is 4.76. The molecule has 2 aromatic rings. The number of fused-ring (bicyclic) bond motifs is 1. The Kier molecular flexibility index (Phi) is 3.83. The zero-order valence-corrected chi connectivity index (χ0v) is 12.7. The second-order valence-electron chi connectivity index (χ2n) is 5.48. The maximum atomic E-state index is 11.8. The maximum Gasteiger partial charge on any atom is 0.341 e. The number of nitrogens with zero attached hydrogens (tertiary/aromatic N) is 2. The molecule has 22 heavy (non-hydrogen) atoms. The molecule has 0 amide bonds. The van der Waals surface area contributed by atoms with Gasteiger partial charge in [0.15, 0.2) is 0 Å². The minimum atomic E-state index is -0.435. The van der Waals surface area contributed by atoms with Crippen LogP contribution < -0.4 is 4.74 Å². The Morgan fingerprint density at radius 1 is 1.27 bits per heavy atom. The van der Waals surface area contributed by atoms with Gasteiger partial charge in [-0.25, -0.2) is 4.79 Å². The largest absolute Gasteiger partial charge is 0.496 e. The van der Waals surface area contributed by atoms with E-state index in [2.05, 4.69) is 5.10 Å². The Morgan fingerprint density at radius 3 is 2.64 bits per heavy atom. The number of carbonyl (C=O) groups is 2. The van der Waals surface area contributed by atoms with Gasteiger partial charge in [-0.3, -0.25) is 9.48 Å². The fourth-order valence-corrected chi connectivity index (χ4v) is 2.89. The predicted molar refractivity (Wildman–Crippen MR) is 80.1 cm³/mol. The van der Waals surface area contributed by atoms with Crippen LogP contribution in [0.5, 0.6) is 5.75 Å². The lowest BCUT2D eigenvalue weighted by Crippen LogP contribution is -2.18. The summed E-state index contributed by atoms with van der Waals surface area (Å²) in [5, 5.41) is 5.43. The SMILES string of the molecule is COC(=O)c1cc2cn(C3CCC(=O)CC3)nc2cc1OC. The van der Waals surface area contributed by atoms with Crippen molar-refractivity contribution in [1.82, 2.24) is 9.78 Å². The average Bonchev–Trinajstić information content (AvgIpc) is 2.96. The third kappa shape index (κ3) is 2.56. The Morgan fingerprint density at radius 2 is 2.00 bits per heavy atom. The molecule has 1 fully saturated rings. The van der Waals surface area contributed by atoms with E-state index in [9.17, 15) is 9.59 Å². The van der Waals surface area contributed by atoms with Crippen molar-refractivity contribution in [3.05, 3.63) is 23.9 Å². The van der Waals surface area contributed by atoms with Crippen LogP contribution in [0.3, 0.4) is 0 Å². The fraction of sp³-hybridized carbons (Fsp3) is 0.438. The molecular formula is C16H18N2O4. The van der Waals surface area contributed by atoms with E-state index in [-0.39, 0.29) is 6.04 Å². The smallest absolute Gasteiger partial charge is 0.341 e. The third-order valence-corrected chi connectivity index (χ3v) is 4.14. The van der Waals surface area contributed by atoms with E-state index >= 15 is 0 Å². The summed E-state index contributed by atoms with van der Waals surface area (Å²) in [6.45, 7) is 0. The number of rotatable bonds is 3. The molecule has 1 aliphatic carbocycles. The van der Waals surface area contributed by atoms with Crippen molar-refractivity contribution in [3.8, 4) is 5.75 Å². The number of ketones is 1. The quantitative estimate of drug-likeness (QED) is 0.815. The highest BCUT2D eigenvalue weighted by Gasteiger charge is 2.22. The molecule has 1 aliphatic rings. The van der Waals surface area contributed by atoms with Crippen molar-refractivity contribution in [1.29, 1.82) is 0 Å². The monoisotopic (exact) mass is 302 g/mol. The van der Waals surface area contributed by atoms with Crippen molar-refractivity contribution in [2.75, 3.05) is 14.2 Å². The van der Waals surface area contributed by atoms with Crippen LogP contribution in [0.4, 0.5) is 0 Å². The summed E-state index contributed by atoms with van der Waals surface area (Å²) in [5.41, 5.74) is 1.15. The minimum absolute atomic E-state index is 0.234. The molecule has 0 spiro atoms. The van der Waals surface area contributed by atoms with Gasteiger partial charge in [0.25, 0.3) is 0 Å². The van der Waals surface area contributed by atoms with Crippen LogP contribution in [0, 0.1) is 0 Å². The summed E-state index contributed by atoms with van der Waals surface area (Å²) >= 11 is 0. The zero-order valence-electron chi connectivity index (χ0n) is 12.7. The number of ether oxygens (including phenoxy) is 2. The van der Waals surface area contributed by atoms with Gasteiger partial charge in [0.2, 0.25) is 0 Å². The molecule has 1 aromatic heterocycles. The van der Waals surface area contributed by atoms with E-state index in [1.165, 1.54) is 14.2 Å². The molecule has 0 saturated heterocycles. The Labute approximate surface area is 128 Å². The van der Waals surface area contributed by atoms with Gasteiger partial charge in [-0.2, -0.15) is 5.10 Å². The van der Waals surface area contributed by atoms with Crippen molar-refractivity contribution >= 4 is 22.7 Å². The number of hydrogen-bond donors (Lipinski definition) is 0. The average molecular weight is 302 g/mol. The maximum absolute atomic E-state index is 11.8. The van der Waals surface area contributed by atoms with Crippen LogP contribution in [0.2, 0.25) is 0 Å². The number of Topliss-reactive ketones (excluding diaryl/α,β-unsaturated/α-hetero) is 1. The molecule has 0 unspecified atom stereocenters.